The molecule has 102 valence electrons. The number of hydrogen-bond donors (Lipinski definition) is 0. The van der Waals surface area contributed by atoms with E-state index in [2.05, 4.69) is 15.9 Å². The van der Waals surface area contributed by atoms with Crippen LogP contribution in [0.4, 0.5) is 4.39 Å². The number of nitrogens with zero attached hydrogens (tertiary/aromatic N) is 1. The van der Waals surface area contributed by atoms with Crippen LogP contribution >= 0.6 is 27.5 Å². The second-order valence-electron chi connectivity index (χ2n) is 4.04. The van der Waals surface area contributed by atoms with Crippen molar-refractivity contribution < 1.29 is 9.13 Å². The predicted octanol–water partition coefficient (Wildman–Crippen LogP) is 4.78. The molecule has 0 aromatic heterocycles. The van der Waals surface area contributed by atoms with Crippen LogP contribution in [-0.4, -0.2) is 0 Å². The summed E-state index contributed by atoms with van der Waals surface area (Å²) < 4.78 is 20.3. The van der Waals surface area contributed by atoms with Gasteiger partial charge in [-0.05, 0) is 28.1 Å². The number of benzene rings is 2. The van der Waals surface area contributed by atoms with Gasteiger partial charge >= 0.3 is 0 Å². The van der Waals surface area contributed by atoms with Gasteiger partial charge in [0.25, 0.3) is 0 Å². The Morgan fingerprint density at radius 3 is 2.60 bits per heavy atom. The van der Waals surface area contributed by atoms with Gasteiger partial charge in [-0.2, -0.15) is 5.26 Å². The fraction of sp³-hybridized carbons (Fsp3) is 0.133. The molecular weight excluding hydrogens is 345 g/mol. The van der Waals surface area contributed by atoms with E-state index in [1.165, 1.54) is 6.07 Å². The SMILES string of the molecule is N#Cc1cccc(COc2c(Br)cccc2CCl)c1F. The van der Waals surface area contributed by atoms with Crippen LogP contribution in [0, 0.1) is 17.1 Å². The molecular formula is C15H10BrClFNO. The van der Waals surface area contributed by atoms with Crippen LogP contribution in [0.5, 0.6) is 5.75 Å². The van der Waals surface area contributed by atoms with Crippen LogP contribution in [0.2, 0.25) is 0 Å². The third-order valence-electron chi connectivity index (χ3n) is 2.76. The number of halogens is 3. The van der Waals surface area contributed by atoms with Crippen LogP contribution in [0.1, 0.15) is 16.7 Å². The molecule has 0 heterocycles. The highest BCUT2D eigenvalue weighted by molar-refractivity contribution is 9.10. The van der Waals surface area contributed by atoms with Gasteiger partial charge in [-0.1, -0.05) is 24.3 Å². The Kier molecular flexibility index (Phi) is 4.99. The summed E-state index contributed by atoms with van der Waals surface area (Å²) in [6.45, 7) is 0.0356. The van der Waals surface area contributed by atoms with Gasteiger partial charge in [-0.3, -0.25) is 0 Å². The van der Waals surface area contributed by atoms with Crippen molar-refractivity contribution in [2.45, 2.75) is 12.5 Å². The highest BCUT2D eigenvalue weighted by atomic mass is 79.9. The Morgan fingerprint density at radius 1 is 1.20 bits per heavy atom. The predicted molar refractivity (Wildman–Crippen MR) is 79.1 cm³/mol. The molecule has 20 heavy (non-hydrogen) atoms. The molecule has 0 atom stereocenters. The van der Waals surface area contributed by atoms with E-state index in [1.54, 1.807) is 18.2 Å². The largest absolute Gasteiger partial charge is 0.487 e. The van der Waals surface area contributed by atoms with E-state index in [4.69, 9.17) is 21.6 Å². The van der Waals surface area contributed by atoms with Gasteiger partial charge < -0.3 is 4.74 Å². The average molecular weight is 355 g/mol. The van der Waals surface area contributed by atoms with E-state index >= 15 is 0 Å². The van der Waals surface area contributed by atoms with Crippen molar-refractivity contribution >= 4 is 27.5 Å². The fourth-order valence-corrected chi connectivity index (χ4v) is 2.48. The molecule has 2 aromatic carbocycles. The Hall–Kier alpha value is -1.57. The minimum Gasteiger partial charge on any atom is -0.487 e. The number of alkyl halides is 1. The normalized spacial score (nSPS) is 10.1. The van der Waals surface area contributed by atoms with Gasteiger partial charge in [0.15, 0.2) is 0 Å². The summed E-state index contributed by atoms with van der Waals surface area (Å²) in [4.78, 5) is 0. The summed E-state index contributed by atoms with van der Waals surface area (Å²) in [6.07, 6.45) is 0. The summed E-state index contributed by atoms with van der Waals surface area (Å²) in [5.74, 6) is 0.342. The topological polar surface area (TPSA) is 33.0 Å². The minimum atomic E-state index is -0.547. The zero-order valence-corrected chi connectivity index (χ0v) is 12.7. The molecule has 2 aromatic rings. The Bertz CT molecular complexity index is 669. The van der Waals surface area contributed by atoms with Gasteiger partial charge in [-0.15, -0.1) is 11.6 Å². The lowest BCUT2D eigenvalue weighted by Gasteiger charge is -2.12. The first-order chi connectivity index (χ1) is 9.67. The third-order valence-corrected chi connectivity index (χ3v) is 3.68. The molecule has 0 aliphatic heterocycles. The Labute approximate surface area is 129 Å². The maximum Gasteiger partial charge on any atom is 0.147 e. The zero-order chi connectivity index (χ0) is 14.5. The smallest absolute Gasteiger partial charge is 0.147 e. The Balaban J connectivity index is 2.24. The number of hydrogen-bond acceptors (Lipinski definition) is 2. The third kappa shape index (κ3) is 3.12. The number of ether oxygens (including phenoxy) is 1. The molecule has 0 radical (unpaired) electrons. The van der Waals surface area contributed by atoms with Crippen molar-refractivity contribution in [2.24, 2.45) is 0 Å². The first kappa shape index (κ1) is 14.8. The molecule has 0 fully saturated rings. The van der Waals surface area contributed by atoms with E-state index in [0.29, 0.717) is 17.2 Å². The van der Waals surface area contributed by atoms with Crippen molar-refractivity contribution in [3.63, 3.8) is 0 Å². The van der Waals surface area contributed by atoms with Crippen molar-refractivity contribution in [1.29, 1.82) is 5.26 Å². The van der Waals surface area contributed by atoms with E-state index in [9.17, 15) is 4.39 Å². The first-order valence-electron chi connectivity index (χ1n) is 5.81. The summed E-state index contributed by atoms with van der Waals surface area (Å²) in [5, 5.41) is 8.80. The molecule has 0 saturated carbocycles. The van der Waals surface area contributed by atoms with E-state index in [1.807, 2.05) is 18.2 Å². The quantitative estimate of drug-likeness (QED) is 0.740. The van der Waals surface area contributed by atoms with Gasteiger partial charge in [0.05, 0.1) is 15.9 Å². The van der Waals surface area contributed by atoms with Crippen molar-refractivity contribution in [2.75, 3.05) is 0 Å². The van der Waals surface area contributed by atoms with Crippen LogP contribution < -0.4 is 4.74 Å². The molecule has 0 saturated heterocycles. The number of rotatable bonds is 4. The van der Waals surface area contributed by atoms with E-state index in [-0.39, 0.29) is 12.2 Å². The van der Waals surface area contributed by atoms with E-state index < -0.39 is 5.82 Å². The lowest BCUT2D eigenvalue weighted by atomic mass is 10.1. The number of para-hydroxylation sites is 1. The molecule has 0 aliphatic carbocycles. The maximum atomic E-state index is 13.9. The number of nitriles is 1. The molecule has 0 aliphatic rings. The summed E-state index contributed by atoms with van der Waals surface area (Å²) in [6, 6.07) is 12.0. The molecule has 0 spiro atoms. The van der Waals surface area contributed by atoms with Crippen LogP contribution in [0.3, 0.4) is 0 Å². The van der Waals surface area contributed by atoms with Crippen molar-refractivity contribution in [3.8, 4) is 11.8 Å². The lowest BCUT2D eigenvalue weighted by molar-refractivity contribution is 0.295. The van der Waals surface area contributed by atoms with Crippen LogP contribution in [0.25, 0.3) is 0 Å². The molecule has 2 nitrogen and oxygen atoms in total. The van der Waals surface area contributed by atoms with Crippen LogP contribution in [0.15, 0.2) is 40.9 Å². The summed E-state index contributed by atoms with van der Waals surface area (Å²) >= 11 is 9.23. The monoisotopic (exact) mass is 353 g/mol. The highest BCUT2D eigenvalue weighted by Crippen LogP contribution is 2.31. The fourth-order valence-electron chi connectivity index (χ4n) is 1.75. The maximum absolute atomic E-state index is 13.9. The molecule has 0 bridgehead atoms. The van der Waals surface area contributed by atoms with Gasteiger partial charge in [-0.25, -0.2) is 4.39 Å². The molecule has 0 N–H and O–H groups in total. The summed E-state index contributed by atoms with van der Waals surface area (Å²) in [5.41, 5.74) is 1.16. The van der Waals surface area contributed by atoms with Crippen LogP contribution in [-0.2, 0) is 12.5 Å². The molecule has 0 amide bonds. The second kappa shape index (κ2) is 6.74. The van der Waals surface area contributed by atoms with Gasteiger partial charge in [0.1, 0.15) is 24.2 Å². The van der Waals surface area contributed by atoms with E-state index in [0.717, 1.165) is 10.0 Å². The Morgan fingerprint density at radius 2 is 1.90 bits per heavy atom. The first-order valence-corrected chi connectivity index (χ1v) is 7.13. The molecule has 2 rings (SSSR count). The zero-order valence-electron chi connectivity index (χ0n) is 10.4. The van der Waals surface area contributed by atoms with Gasteiger partial charge in [0.2, 0.25) is 0 Å². The molecule has 0 unspecified atom stereocenters. The van der Waals surface area contributed by atoms with Crippen molar-refractivity contribution in [1.82, 2.24) is 0 Å². The lowest BCUT2D eigenvalue weighted by Crippen LogP contribution is -2.02. The standard InChI is InChI=1S/C15H10BrClFNO/c16-13-6-2-3-10(7-17)15(13)20-9-12-5-1-4-11(8-19)14(12)18/h1-6H,7,9H2. The van der Waals surface area contributed by atoms with Crippen molar-refractivity contribution in [3.05, 3.63) is 63.4 Å². The average Bonchev–Trinajstić information content (AvgIpc) is 2.47. The minimum absolute atomic E-state index is 0.00999. The summed E-state index contributed by atoms with van der Waals surface area (Å²) in [7, 11) is 0. The highest BCUT2D eigenvalue weighted by Gasteiger charge is 2.11. The molecule has 5 heteroatoms. The van der Waals surface area contributed by atoms with Gasteiger partial charge in [0, 0.05) is 11.1 Å². The second-order valence-corrected chi connectivity index (χ2v) is 5.16.